The van der Waals surface area contributed by atoms with Crippen LogP contribution in [0.15, 0.2) is 30.3 Å². The minimum atomic E-state index is -4.65. The van der Waals surface area contributed by atoms with E-state index in [9.17, 15) is 18.0 Å². The van der Waals surface area contributed by atoms with E-state index in [4.69, 9.17) is 0 Å². The van der Waals surface area contributed by atoms with Crippen molar-refractivity contribution in [2.24, 2.45) is 0 Å². The first-order chi connectivity index (χ1) is 8.82. The number of carbonyl (C=O) groups excluding carboxylic acids is 1. The summed E-state index contributed by atoms with van der Waals surface area (Å²) in [5.41, 5.74) is -0.846. The van der Waals surface area contributed by atoms with Crippen molar-refractivity contribution in [2.45, 2.75) is 20.0 Å². The number of halogens is 3. The maximum absolute atomic E-state index is 12.9. The molecule has 0 atom stereocenters. The Hall–Kier alpha value is -2.11. The van der Waals surface area contributed by atoms with Crippen molar-refractivity contribution in [1.82, 2.24) is 9.78 Å². The zero-order valence-corrected chi connectivity index (χ0v) is 10.3. The minimum absolute atomic E-state index is 0.186. The summed E-state index contributed by atoms with van der Waals surface area (Å²) in [6, 6.07) is 8.39. The third-order valence-corrected chi connectivity index (χ3v) is 2.74. The molecule has 1 aromatic heterocycles. The normalized spacial score (nSPS) is 11.6. The Bertz CT molecular complexity index is 615. The smallest absolute Gasteiger partial charge is 0.294 e. The highest BCUT2D eigenvalue weighted by Gasteiger charge is 2.39. The molecular weight excluding hydrogens is 257 g/mol. The molecule has 0 radical (unpaired) electrons. The quantitative estimate of drug-likeness (QED) is 0.782. The van der Waals surface area contributed by atoms with Gasteiger partial charge in [0.25, 0.3) is 0 Å². The first kappa shape index (κ1) is 13.3. The second-order valence-electron chi connectivity index (χ2n) is 4.11. The molecule has 0 saturated carbocycles. The lowest BCUT2D eigenvalue weighted by molar-refractivity contribution is -0.141. The molecule has 0 N–H and O–H groups in total. The Morgan fingerprint density at radius 1 is 1.21 bits per heavy atom. The summed E-state index contributed by atoms with van der Waals surface area (Å²) in [5, 5.41) is 3.54. The zero-order valence-electron chi connectivity index (χ0n) is 10.3. The number of hydrogen-bond donors (Lipinski definition) is 0. The highest BCUT2D eigenvalue weighted by atomic mass is 19.4. The van der Waals surface area contributed by atoms with Crippen LogP contribution in [0.5, 0.6) is 0 Å². The summed E-state index contributed by atoms with van der Waals surface area (Å²) in [5.74, 6) is -0.646. The van der Waals surface area contributed by atoms with Gasteiger partial charge in [-0.3, -0.25) is 4.79 Å². The predicted octanol–water partition coefficient (Wildman–Crippen LogP) is 3.40. The fraction of sp³-hybridized carbons (Fsp3) is 0.231. The number of ketones is 1. The summed E-state index contributed by atoms with van der Waals surface area (Å²) in [7, 11) is 0. The van der Waals surface area contributed by atoms with Crippen molar-refractivity contribution in [3.05, 3.63) is 47.3 Å². The molecular formula is C13H11F3N2O. The lowest BCUT2D eigenvalue weighted by Crippen LogP contribution is -2.11. The number of Topliss-reactive ketones (excluding diaryl/α,β-unsaturated/α-hetero) is 1. The van der Waals surface area contributed by atoms with Crippen LogP contribution in [0.3, 0.4) is 0 Å². The van der Waals surface area contributed by atoms with Crippen molar-refractivity contribution in [3.63, 3.8) is 0 Å². The maximum atomic E-state index is 12.9. The van der Waals surface area contributed by atoms with Crippen LogP contribution in [0.25, 0.3) is 5.69 Å². The van der Waals surface area contributed by atoms with Gasteiger partial charge < -0.3 is 0 Å². The molecule has 0 fully saturated rings. The third kappa shape index (κ3) is 2.38. The largest absolute Gasteiger partial charge is 0.435 e. The van der Waals surface area contributed by atoms with E-state index in [0.717, 1.165) is 11.6 Å². The summed E-state index contributed by atoms with van der Waals surface area (Å²) >= 11 is 0. The summed E-state index contributed by atoms with van der Waals surface area (Å²) < 4.78 is 39.8. The van der Waals surface area contributed by atoms with Crippen molar-refractivity contribution >= 4 is 5.78 Å². The fourth-order valence-corrected chi connectivity index (χ4v) is 1.94. The predicted molar refractivity (Wildman–Crippen MR) is 63.3 cm³/mol. The van der Waals surface area contributed by atoms with Crippen LogP contribution in [0.2, 0.25) is 0 Å². The molecule has 1 aromatic carbocycles. The van der Waals surface area contributed by atoms with Crippen molar-refractivity contribution in [2.75, 3.05) is 0 Å². The van der Waals surface area contributed by atoms with E-state index in [-0.39, 0.29) is 11.3 Å². The van der Waals surface area contributed by atoms with Gasteiger partial charge in [-0.2, -0.15) is 18.3 Å². The van der Waals surface area contributed by atoms with Crippen molar-refractivity contribution < 1.29 is 18.0 Å². The number of rotatable bonds is 2. The first-order valence-corrected chi connectivity index (χ1v) is 5.55. The van der Waals surface area contributed by atoms with Gasteiger partial charge in [0.1, 0.15) is 0 Å². The highest BCUT2D eigenvalue weighted by Crippen LogP contribution is 2.33. The van der Waals surface area contributed by atoms with Gasteiger partial charge in [0.2, 0.25) is 0 Å². The second-order valence-corrected chi connectivity index (χ2v) is 4.11. The van der Waals surface area contributed by atoms with Gasteiger partial charge in [0.05, 0.1) is 16.9 Å². The van der Waals surface area contributed by atoms with Crippen LogP contribution in [0.1, 0.15) is 28.7 Å². The van der Waals surface area contributed by atoms with E-state index in [1.54, 1.807) is 30.3 Å². The maximum Gasteiger partial charge on any atom is 0.435 e. The van der Waals surface area contributed by atoms with Crippen LogP contribution in [0.4, 0.5) is 13.2 Å². The molecule has 0 saturated heterocycles. The number of alkyl halides is 3. The third-order valence-electron chi connectivity index (χ3n) is 2.74. The summed E-state index contributed by atoms with van der Waals surface area (Å²) in [4.78, 5) is 11.4. The molecule has 19 heavy (non-hydrogen) atoms. The van der Waals surface area contributed by atoms with Gasteiger partial charge in [-0.15, -0.1) is 0 Å². The van der Waals surface area contributed by atoms with Crippen molar-refractivity contribution in [3.8, 4) is 5.69 Å². The Balaban J connectivity index is 2.70. The van der Waals surface area contributed by atoms with Crippen LogP contribution in [0, 0.1) is 6.92 Å². The minimum Gasteiger partial charge on any atom is -0.294 e. The molecule has 6 heteroatoms. The van der Waals surface area contributed by atoms with E-state index >= 15 is 0 Å². The van der Waals surface area contributed by atoms with Crippen LogP contribution < -0.4 is 0 Å². The Kier molecular flexibility index (Phi) is 3.18. The average molecular weight is 268 g/mol. The van der Waals surface area contributed by atoms with Gasteiger partial charge in [-0.05, 0) is 26.0 Å². The van der Waals surface area contributed by atoms with Gasteiger partial charge in [0.15, 0.2) is 11.5 Å². The molecule has 0 amide bonds. The van der Waals surface area contributed by atoms with Crippen LogP contribution >= 0.6 is 0 Å². The van der Waals surface area contributed by atoms with Crippen molar-refractivity contribution in [1.29, 1.82) is 0 Å². The van der Waals surface area contributed by atoms with Crippen LogP contribution in [-0.4, -0.2) is 15.6 Å². The molecule has 3 nitrogen and oxygen atoms in total. The number of para-hydroxylation sites is 1. The molecule has 0 spiro atoms. The number of nitrogens with zero attached hydrogens (tertiary/aromatic N) is 2. The molecule has 0 unspecified atom stereocenters. The van der Waals surface area contributed by atoms with E-state index in [1.165, 1.54) is 6.92 Å². The first-order valence-electron chi connectivity index (χ1n) is 5.55. The Morgan fingerprint density at radius 2 is 1.79 bits per heavy atom. The molecule has 0 aliphatic rings. The summed E-state index contributed by atoms with van der Waals surface area (Å²) in [6.45, 7) is 2.56. The number of hydrogen-bond acceptors (Lipinski definition) is 2. The molecule has 2 rings (SSSR count). The monoisotopic (exact) mass is 268 g/mol. The number of aromatic nitrogens is 2. The van der Waals surface area contributed by atoms with Crippen LogP contribution in [-0.2, 0) is 6.18 Å². The number of carbonyl (C=O) groups is 1. The molecule has 0 bridgehead atoms. The van der Waals surface area contributed by atoms with E-state index < -0.39 is 17.7 Å². The lowest BCUT2D eigenvalue weighted by atomic mass is 10.1. The standard InChI is InChI=1S/C13H11F3N2O/c1-8-11(9(2)19)12(13(14,15)16)17-18(8)10-6-4-3-5-7-10/h3-7H,1-2H3. The zero-order chi connectivity index (χ0) is 14.2. The lowest BCUT2D eigenvalue weighted by Gasteiger charge is -2.03. The summed E-state index contributed by atoms with van der Waals surface area (Å²) in [6.07, 6.45) is -4.65. The molecule has 2 aromatic rings. The highest BCUT2D eigenvalue weighted by molar-refractivity contribution is 5.96. The topological polar surface area (TPSA) is 34.9 Å². The second kappa shape index (κ2) is 4.53. The Morgan fingerprint density at radius 3 is 2.21 bits per heavy atom. The molecule has 1 heterocycles. The molecule has 0 aliphatic carbocycles. The van der Waals surface area contributed by atoms with Gasteiger partial charge in [-0.25, -0.2) is 4.68 Å². The van der Waals surface area contributed by atoms with Gasteiger partial charge in [-0.1, -0.05) is 18.2 Å². The van der Waals surface area contributed by atoms with E-state index in [2.05, 4.69) is 5.10 Å². The van der Waals surface area contributed by atoms with E-state index in [1.807, 2.05) is 0 Å². The van der Waals surface area contributed by atoms with Gasteiger partial charge >= 0.3 is 6.18 Å². The number of benzene rings is 1. The van der Waals surface area contributed by atoms with Gasteiger partial charge in [0, 0.05) is 0 Å². The Labute approximate surface area is 107 Å². The SMILES string of the molecule is CC(=O)c1c(C(F)(F)F)nn(-c2ccccc2)c1C. The molecule has 100 valence electrons. The van der Waals surface area contributed by atoms with E-state index in [0.29, 0.717) is 5.69 Å². The molecule has 0 aliphatic heterocycles. The average Bonchev–Trinajstić information content (AvgIpc) is 2.68. The fourth-order valence-electron chi connectivity index (χ4n) is 1.94.